The Balaban J connectivity index is 1.04. The molecule has 1 aliphatic rings. The van der Waals surface area contributed by atoms with E-state index in [1.165, 1.54) is 22.3 Å². The summed E-state index contributed by atoms with van der Waals surface area (Å²) in [5.41, 5.74) is 16.5. The second-order valence-corrected chi connectivity index (χ2v) is 14.8. The molecule has 0 saturated heterocycles. The maximum absolute atomic E-state index is 10.6. The van der Waals surface area contributed by atoms with Crippen molar-refractivity contribution in [2.24, 2.45) is 0 Å². The van der Waals surface area contributed by atoms with Crippen molar-refractivity contribution < 1.29 is 5.11 Å². The summed E-state index contributed by atoms with van der Waals surface area (Å²) in [5.74, 6) is 0.454. The van der Waals surface area contributed by atoms with Crippen LogP contribution in [0.5, 0.6) is 5.75 Å². The zero-order valence-corrected chi connectivity index (χ0v) is 32.4. The molecule has 9 rings (SSSR count). The zero-order valence-electron chi connectivity index (χ0n) is 32.4. The third kappa shape index (κ3) is 8.18. The molecule has 0 amide bonds. The van der Waals surface area contributed by atoms with Gasteiger partial charge in [0.2, 0.25) is 0 Å². The molecular weight excluding hydrogens is 719 g/mol. The van der Waals surface area contributed by atoms with Crippen LogP contribution in [-0.2, 0) is 0 Å². The third-order valence-electron chi connectivity index (χ3n) is 10.9. The third-order valence-corrected chi connectivity index (χ3v) is 10.9. The number of hydrogen-bond acceptors (Lipinski definition) is 4. The Hall–Kier alpha value is -7.87. The first-order valence-electron chi connectivity index (χ1n) is 19.9. The number of hydrogen-bond donors (Lipinski definition) is 3. The molecule has 282 valence electrons. The van der Waals surface area contributed by atoms with Crippen LogP contribution in [0.25, 0.3) is 50.1 Å². The fourth-order valence-corrected chi connectivity index (χ4v) is 7.86. The number of para-hydroxylation sites is 2. The molecule has 4 nitrogen and oxygen atoms in total. The summed E-state index contributed by atoms with van der Waals surface area (Å²) in [6.45, 7) is 0. The molecule has 3 N–H and O–H groups in total. The summed E-state index contributed by atoms with van der Waals surface area (Å²) in [6, 6.07) is 68.4. The topological polar surface area (TPSA) is 68.1 Å². The average molecular weight is 760 g/mol. The van der Waals surface area contributed by atoms with Gasteiger partial charge in [0.25, 0.3) is 0 Å². The molecule has 1 aliphatic carbocycles. The predicted molar refractivity (Wildman–Crippen MR) is 245 cm³/mol. The molecule has 8 aromatic rings. The van der Waals surface area contributed by atoms with Crippen molar-refractivity contribution >= 4 is 28.3 Å². The Kier molecular flexibility index (Phi) is 10.4. The maximum atomic E-state index is 10.6. The molecule has 0 spiro atoms. The molecule has 0 aromatic heterocycles. The van der Waals surface area contributed by atoms with E-state index in [2.05, 4.69) is 150 Å². The van der Waals surface area contributed by atoms with Crippen LogP contribution in [0.4, 0.5) is 22.7 Å². The number of nitrogens with one attached hydrogen (secondary N) is 2. The molecule has 4 heteroatoms. The van der Waals surface area contributed by atoms with Crippen molar-refractivity contribution in [2.45, 2.75) is 12.3 Å². The fraction of sp³-hybridized carbons (Fsp3) is 0.0364. The molecule has 8 aromatic carbocycles. The van der Waals surface area contributed by atoms with Gasteiger partial charge in [0.05, 0.1) is 11.6 Å². The van der Waals surface area contributed by atoms with Crippen molar-refractivity contribution in [3.63, 3.8) is 0 Å². The Morgan fingerprint density at radius 1 is 0.475 bits per heavy atom. The van der Waals surface area contributed by atoms with Gasteiger partial charge in [-0.15, -0.1) is 0 Å². The van der Waals surface area contributed by atoms with Crippen LogP contribution in [0.3, 0.4) is 0 Å². The molecule has 0 bridgehead atoms. The summed E-state index contributed by atoms with van der Waals surface area (Å²) < 4.78 is 0. The Labute approximate surface area is 345 Å². The van der Waals surface area contributed by atoms with Gasteiger partial charge < -0.3 is 15.7 Å². The van der Waals surface area contributed by atoms with Crippen LogP contribution in [-0.4, -0.2) is 5.11 Å². The summed E-state index contributed by atoms with van der Waals surface area (Å²) >= 11 is 0. The van der Waals surface area contributed by atoms with Crippen molar-refractivity contribution in [3.8, 4) is 56.3 Å². The summed E-state index contributed by atoms with van der Waals surface area (Å²) in [6.07, 6.45) is 7.82. The van der Waals surface area contributed by atoms with Crippen molar-refractivity contribution in [3.05, 3.63) is 229 Å². The minimum Gasteiger partial charge on any atom is -0.507 e. The standard InChI is InChI=1S/C55H41N3O/c56-37-38-12-9-21-49(32-38)58-54-31-29-45(36-52(54)47-18-11-16-43(34-47)42-15-10-17-46(33-42)50-22-7-8-23-55(50)59)40-26-24-39(25-27-40)44-28-30-53(57-48-19-5-2-6-20-48)51(35-44)41-13-3-1-4-14-41/h1-26,28-36,40,57-59H,27H2. The lowest BCUT2D eigenvalue weighted by Crippen LogP contribution is -2.01. The van der Waals surface area contributed by atoms with E-state index in [1.807, 2.05) is 72.8 Å². The number of phenols is 1. The van der Waals surface area contributed by atoms with Gasteiger partial charge >= 0.3 is 0 Å². The fourth-order valence-electron chi connectivity index (χ4n) is 7.86. The number of allylic oxidation sites excluding steroid dienone is 4. The van der Waals surface area contributed by atoms with Crippen LogP contribution in [0.2, 0.25) is 0 Å². The molecule has 0 fully saturated rings. The quantitative estimate of drug-likeness (QED) is 0.130. The van der Waals surface area contributed by atoms with Crippen molar-refractivity contribution in [2.75, 3.05) is 10.6 Å². The van der Waals surface area contributed by atoms with Crippen LogP contribution in [0, 0.1) is 11.3 Å². The van der Waals surface area contributed by atoms with E-state index in [0.717, 1.165) is 68.1 Å². The van der Waals surface area contributed by atoms with Crippen LogP contribution >= 0.6 is 0 Å². The number of phenolic OH excluding ortho intramolecular Hbond substituents is 1. The van der Waals surface area contributed by atoms with E-state index in [0.29, 0.717) is 5.56 Å². The van der Waals surface area contributed by atoms with Crippen LogP contribution in [0.1, 0.15) is 29.0 Å². The first-order valence-corrected chi connectivity index (χ1v) is 19.9. The summed E-state index contributed by atoms with van der Waals surface area (Å²) in [7, 11) is 0. The second kappa shape index (κ2) is 16.7. The number of nitriles is 1. The molecular formula is C55H41N3O. The molecule has 0 aliphatic heterocycles. The Morgan fingerprint density at radius 2 is 1.07 bits per heavy atom. The average Bonchev–Trinajstić information content (AvgIpc) is 3.30. The first-order chi connectivity index (χ1) is 29.1. The van der Waals surface area contributed by atoms with Crippen LogP contribution in [0.15, 0.2) is 212 Å². The van der Waals surface area contributed by atoms with Gasteiger partial charge in [-0.05, 0) is 124 Å². The van der Waals surface area contributed by atoms with E-state index in [9.17, 15) is 10.4 Å². The molecule has 1 atom stereocenters. The number of benzene rings is 8. The van der Waals surface area contributed by atoms with E-state index in [4.69, 9.17) is 0 Å². The molecule has 0 radical (unpaired) electrons. The van der Waals surface area contributed by atoms with Crippen molar-refractivity contribution in [1.29, 1.82) is 5.26 Å². The first kappa shape index (κ1) is 36.7. The lowest BCUT2D eigenvalue weighted by atomic mass is 9.86. The lowest BCUT2D eigenvalue weighted by molar-refractivity contribution is 0.477. The maximum Gasteiger partial charge on any atom is 0.123 e. The van der Waals surface area contributed by atoms with Gasteiger partial charge in [-0.1, -0.05) is 140 Å². The highest BCUT2D eigenvalue weighted by molar-refractivity contribution is 5.88. The van der Waals surface area contributed by atoms with Gasteiger partial charge in [0, 0.05) is 45.4 Å². The summed E-state index contributed by atoms with van der Waals surface area (Å²) in [5, 5.41) is 27.4. The Bertz CT molecular complexity index is 2890. The number of nitrogens with zero attached hydrogens (tertiary/aromatic N) is 1. The second-order valence-electron chi connectivity index (χ2n) is 14.8. The number of aromatic hydroxyl groups is 1. The molecule has 0 heterocycles. The van der Waals surface area contributed by atoms with E-state index < -0.39 is 0 Å². The van der Waals surface area contributed by atoms with E-state index in [-0.39, 0.29) is 11.7 Å². The highest BCUT2D eigenvalue weighted by Gasteiger charge is 2.18. The molecule has 1 unspecified atom stereocenters. The normalized spacial score (nSPS) is 13.3. The van der Waals surface area contributed by atoms with Gasteiger partial charge in [0.1, 0.15) is 5.75 Å². The van der Waals surface area contributed by atoms with Gasteiger partial charge in [-0.25, -0.2) is 0 Å². The minimum atomic E-state index is 0.194. The monoisotopic (exact) mass is 759 g/mol. The van der Waals surface area contributed by atoms with E-state index in [1.54, 1.807) is 6.07 Å². The van der Waals surface area contributed by atoms with Crippen molar-refractivity contribution in [1.82, 2.24) is 0 Å². The highest BCUT2D eigenvalue weighted by Crippen LogP contribution is 2.40. The number of rotatable bonds is 10. The largest absolute Gasteiger partial charge is 0.507 e. The van der Waals surface area contributed by atoms with Crippen LogP contribution < -0.4 is 10.6 Å². The molecule has 0 saturated carbocycles. The SMILES string of the molecule is N#Cc1cccc(Nc2ccc(C3C=CC(c4ccc(Nc5ccccc5)c(-c5ccccc5)c4)=CC3)cc2-c2cccc(-c3cccc(-c4ccccc4O)c3)c2)c1. The smallest absolute Gasteiger partial charge is 0.123 e. The van der Waals surface area contributed by atoms with Gasteiger partial charge in [0.15, 0.2) is 0 Å². The lowest BCUT2D eigenvalue weighted by Gasteiger charge is -2.21. The van der Waals surface area contributed by atoms with Gasteiger partial charge in [-0.2, -0.15) is 5.26 Å². The minimum absolute atomic E-state index is 0.194. The Morgan fingerprint density at radius 3 is 1.78 bits per heavy atom. The predicted octanol–water partition coefficient (Wildman–Crippen LogP) is 14.5. The highest BCUT2D eigenvalue weighted by atomic mass is 16.3. The zero-order chi connectivity index (χ0) is 40.0. The van der Waals surface area contributed by atoms with E-state index >= 15 is 0 Å². The molecule has 59 heavy (non-hydrogen) atoms. The number of anilines is 4. The van der Waals surface area contributed by atoms with Gasteiger partial charge in [-0.3, -0.25) is 0 Å². The summed E-state index contributed by atoms with van der Waals surface area (Å²) in [4.78, 5) is 0.